The van der Waals surface area contributed by atoms with Crippen LogP contribution in [0, 0.1) is 0 Å². The zero-order valence-electron chi connectivity index (χ0n) is 19.0. The molecule has 34 heavy (non-hydrogen) atoms. The van der Waals surface area contributed by atoms with E-state index in [-0.39, 0.29) is 12.3 Å². The van der Waals surface area contributed by atoms with Gasteiger partial charge in [-0.3, -0.25) is 4.57 Å². The van der Waals surface area contributed by atoms with Gasteiger partial charge < -0.3 is 10.1 Å². The van der Waals surface area contributed by atoms with Crippen LogP contribution in [0.4, 0.5) is 0 Å². The van der Waals surface area contributed by atoms with E-state index in [0.29, 0.717) is 36.0 Å². The zero-order chi connectivity index (χ0) is 23.7. The maximum absolute atomic E-state index is 12.7. The smallest absolute Gasteiger partial charge is 0.328 e. The number of imidazole rings is 1. The van der Waals surface area contributed by atoms with Crippen LogP contribution in [0.3, 0.4) is 0 Å². The summed E-state index contributed by atoms with van der Waals surface area (Å²) in [6.07, 6.45) is 3.47. The number of benzene rings is 2. The lowest BCUT2D eigenvalue weighted by Gasteiger charge is -2.11. The number of H-pyrrole nitrogens is 1. The number of hydrogen-bond donors (Lipinski definition) is 2. The third-order valence-corrected chi connectivity index (χ3v) is 5.79. The van der Waals surface area contributed by atoms with E-state index in [1.54, 1.807) is 21.6 Å². The highest BCUT2D eigenvalue weighted by Gasteiger charge is 2.15. The summed E-state index contributed by atoms with van der Waals surface area (Å²) in [6.45, 7) is 5.06. The van der Waals surface area contributed by atoms with Crippen LogP contribution in [0.5, 0.6) is 0 Å². The van der Waals surface area contributed by atoms with Crippen LogP contribution in [-0.2, 0) is 13.1 Å². The first-order chi connectivity index (χ1) is 16.5. The topological polar surface area (TPSA) is 115 Å². The van der Waals surface area contributed by atoms with Crippen LogP contribution in [0.2, 0.25) is 0 Å². The second-order valence-corrected chi connectivity index (χ2v) is 8.48. The minimum absolute atomic E-state index is 0.00936. The molecule has 0 saturated heterocycles. The highest BCUT2D eigenvalue weighted by Crippen LogP contribution is 2.27. The first kappa shape index (κ1) is 21.7. The Morgan fingerprint density at radius 3 is 2.65 bits per heavy atom. The van der Waals surface area contributed by atoms with E-state index in [4.69, 9.17) is 10.1 Å². The van der Waals surface area contributed by atoms with Crippen molar-refractivity contribution >= 4 is 11.2 Å². The molecule has 5 aromatic rings. The monoisotopic (exact) mass is 455 g/mol. The maximum atomic E-state index is 12.7. The molecule has 0 unspecified atom stereocenters. The summed E-state index contributed by atoms with van der Waals surface area (Å²) in [5.41, 5.74) is 5.68. The quantitative estimate of drug-likeness (QED) is 0.389. The van der Waals surface area contributed by atoms with Crippen LogP contribution in [0.15, 0.2) is 65.7 Å². The van der Waals surface area contributed by atoms with Gasteiger partial charge >= 0.3 is 5.69 Å². The van der Waals surface area contributed by atoms with Crippen LogP contribution in [0.1, 0.15) is 30.9 Å². The summed E-state index contributed by atoms with van der Waals surface area (Å²) in [4.78, 5) is 24.9. The molecule has 3 heterocycles. The largest absolute Gasteiger partial charge is 0.394 e. The fourth-order valence-electron chi connectivity index (χ4n) is 4.03. The van der Waals surface area contributed by atoms with Crippen molar-refractivity contribution in [3.63, 3.8) is 0 Å². The number of aromatic nitrogens is 7. The minimum atomic E-state index is -0.227. The molecule has 0 aliphatic rings. The molecular weight excluding hydrogens is 430 g/mol. The Balaban J connectivity index is 1.46. The Morgan fingerprint density at radius 2 is 1.88 bits per heavy atom. The van der Waals surface area contributed by atoms with Gasteiger partial charge in [0.1, 0.15) is 11.2 Å². The standard InChI is InChI=1S/C25H25N7O2/c1-16(2)19-5-3-4-6-20(19)23-26-13-21-24(28-23)32(25(34)27-21)14-17-7-9-18(10-8-17)22-15-31(11-12-33)30-29-22/h3-10,13,15-16,33H,11-12,14H2,1-2H3,(H,27,34). The molecule has 0 aliphatic carbocycles. The second kappa shape index (κ2) is 9.03. The molecule has 9 nitrogen and oxygen atoms in total. The van der Waals surface area contributed by atoms with Gasteiger partial charge in [-0.25, -0.2) is 19.4 Å². The number of aromatic amines is 1. The molecule has 0 radical (unpaired) electrons. The molecule has 0 amide bonds. The van der Waals surface area contributed by atoms with Crippen LogP contribution in [0.25, 0.3) is 33.8 Å². The fourth-order valence-corrected chi connectivity index (χ4v) is 4.03. The lowest BCUT2D eigenvalue weighted by atomic mass is 9.97. The van der Waals surface area contributed by atoms with E-state index in [9.17, 15) is 4.79 Å². The molecule has 5 rings (SSSR count). The third-order valence-electron chi connectivity index (χ3n) is 5.79. The van der Waals surface area contributed by atoms with Crippen molar-refractivity contribution in [3.05, 3.63) is 82.5 Å². The number of rotatable bonds is 7. The average Bonchev–Trinajstić information content (AvgIpc) is 3.44. The molecule has 3 aromatic heterocycles. The van der Waals surface area contributed by atoms with Crippen molar-refractivity contribution < 1.29 is 5.11 Å². The van der Waals surface area contributed by atoms with Gasteiger partial charge in [0.15, 0.2) is 11.5 Å². The Hall–Kier alpha value is -4.11. The van der Waals surface area contributed by atoms with Gasteiger partial charge in [-0.05, 0) is 17.0 Å². The molecule has 0 aliphatic heterocycles. The molecule has 0 atom stereocenters. The highest BCUT2D eigenvalue weighted by atomic mass is 16.3. The van der Waals surface area contributed by atoms with Crippen molar-refractivity contribution in [2.24, 2.45) is 0 Å². The van der Waals surface area contributed by atoms with Crippen molar-refractivity contribution in [1.82, 2.24) is 34.5 Å². The first-order valence-corrected chi connectivity index (χ1v) is 11.2. The highest BCUT2D eigenvalue weighted by molar-refractivity contribution is 5.73. The number of nitrogens with zero attached hydrogens (tertiary/aromatic N) is 6. The number of hydrogen-bond acceptors (Lipinski definition) is 6. The van der Waals surface area contributed by atoms with Crippen LogP contribution < -0.4 is 5.69 Å². The first-order valence-electron chi connectivity index (χ1n) is 11.2. The summed E-state index contributed by atoms with van der Waals surface area (Å²) in [6, 6.07) is 15.9. The molecule has 0 fully saturated rings. The predicted molar refractivity (Wildman–Crippen MR) is 129 cm³/mol. The van der Waals surface area contributed by atoms with Gasteiger partial charge in [0.05, 0.1) is 32.1 Å². The van der Waals surface area contributed by atoms with Gasteiger partial charge in [-0.15, -0.1) is 5.10 Å². The Kier molecular flexibility index (Phi) is 5.77. The molecule has 0 saturated carbocycles. The lowest BCUT2D eigenvalue weighted by Crippen LogP contribution is -2.17. The van der Waals surface area contributed by atoms with Crippen molar-refractivity contribution in [1.29, 1.82) is 0 Å². The third kappa shape index (κ3) is 4.13. The van der Waals surface area contributed by atoms with Crippen molar-refractivity contribution in [2.75, 3.05) is 6.61 Å². The Bertz CT molecular complexity index is 1500. The van der Waals surface area contributed by atoms with Crippen molar-refractivity contribution in [3.8, 4) is 22.6 Å². The fraction of sp³-hybridized carbons (Fsp3) is 0.240. The summed E-state index contributed by atoms with van der Waals surface area (Å²) in [5, 5.41) is 17.2. The molecule has 172 valence electrons. The molecule has 0 bridgehead atoms. The summed E-state index contributed by atoms with van der Waals surface area (Å²) in [7, 11) is 0. The van der Waals surface area contributed by atoms with E-state index in [1.165, 1.54) is 0 Å². The molecule has 2 N–H and O–H groups in total. The summed E-state index contributed by atoms with van der Waals surface area (Å²) in [5.74, 6) is 0.929. The number of nitrogens with one attached hydrogen (secondary N) is 1. The zero-order valence-corrected chi connectivity index (χ0v) is 19.0. The Labute approximate surface area is 195 Å². The summed E-state index contributed by atoms with van der Waals surface area (Å²) < 4.78 is 3.23. The van der Waals surface area contributed by atoms with Crippen molar-refractivity contribution in [2.45, 2.75) is 32.9 Å². The van der Waals surface area contributed by atoms with E-state index in [1.807, 2.05) is 42.5 Å². The van der Waals surface area contributed by atoms with E-state index in [2.05, 4.69) is 40.2 Å². The normalized spacial score (nSPS) is 11.5. The number of aliphatic hydroxyl groups excluding tert-OH is 1. The second-order valence-electron chi connectivity index (χ2n) is 8.48. The van der Waals surface area contributed by atoms with E-state index in [0.717, 1.165) is 27.9 Å². The van der Waals surface area contributed by atoms with Gasteiger partial charge in [0.25, 0.3) is 0 Å². The predicted octanol–water partition coefficient (Wildman–Crippen LogP) is 3.21. The van der Waals surface area contributed by atoms with Crippen LogP contribution >= 0.6 is 0 Å². The maximum Gasteiger partial charge on any atom is 0.328 e. The molecule has 2 aromatic carbocycles. The van der Waals surface area contributed by atoms with Gasteiger partial charge in [-0.2, -0.15) is 0 Å². The molecule has 0 spiro atoms. The average molecular weight is 456 g/mol. The minimum Gasteiger partial charge on any atom is -0.394 e. The van der Waals surface area contributed by atoms with Crippen LogP contribution in [-0.4, -0.2) is 46.2 Å². The van der Waals surface area contributed by atoms with Gasteiger partial charge in [0.2, 0.25) is 0 Å². The summed E-state index contributed by atoms with van der Waals surface area (Å²) >= 11 is 0. The lowest BCUT2D eigenvalue weighted by molar-refractivity contribution is 0.268. The van der Waals surface area contributed by atoms with E-state index >= 15 is 0 Å². The van der Waals surface area contributed by atoms with Gasteiger partial charge in [-0.1, -0.05) is 67.6 Å². The SMILES string of the molecule is CC(C)c1ccccc1-c1ncc2[nH]c(=O)n(Cc3ccc(-c4cn(CCO)nn4)cc3)c2n1. The molecule has 9 heteroatoms. The molecular formula is C25H25N7O2. The van der Waals surface area contributed by atoms with Gasteiger partial charge in [0, 0.05) is 11.1 Å². The van der Waals surface area contributed by atoms with E-state index < -0.39 is 0 Å². The Morgan fingerprint density at radius 1 is 1.09 bits per heavy atom. The number of fused-ring (bicyclic) bond motifs is 1. The number of aliphatic hydroxyl groups is 1.